The van der Waals surface area contributed by atoms with E-state index in [2.05, 4.69) is 32.1 Å². The predicted molar refractivity (Wildman–Crippen MR) is 124 cm³/mol. The van der Waals surface area contributed by atoms with Gasteiger partial charge in [0.25, 0.3) is 5.91 Å². The number of fused-ring (bicyclic) bond motifs is 1. The van der Waals surface area contributed by atoms with E-state index in [1.807, 2.05) is 50.2 Å². The molecule has 2 aromatic carbocycles. The minimum atomic E-state index is -0.579. The van der Waals surface area contributed by atoms with Crippen LogP contribution in [0.25, 0.3) is 10.9 Å². The Balaban J connectivity index is 1.57. The molecule has 4 aromatic rings. The molecule has 2 aromatic heterocycles. The van der Waals surface area contributed by atoms with Gasteiger partial charge in [0.15, 0.2) is 0 Å². The number of primary amides is 1. The van der Waals surface area contributed by atoms with Gasteiger partial charge in [-0.3, -0.25) is 4.79 Å². The summed E-state index contributed by atoms with van der Waals surface area (Å²) in [5, 5.41) is 4.26. The first-order chi connectivity index (χ1) is 15.5. The van der Waals surface area contributed by atoms with Gasteiger partial charge in [0.2, 0.25) is 0 Å². The van der Waals surface area contributed by atoms with Gasteiger partial charge in [-0.1, -0.05) is 18.8 Å². The van der Waals surface area contributed by atoms with E-state index in [1.165, 1.54) is 18.6 Å². The summed E-state index contributed by atoms with van der Waals surface area (Å²) in [6, 6.07) is 14.8. The van der Waals surface area contributed by atoms with Gasteiger partial charge < -0.3 is 15.8 Å². The van der Waals surface area contributed by atoms with Crippen LogP contribution in [0.2, 0.25) is 0 Å². The lowest BCUT2D eigenvalue weighted by Gasteiger charge is -2.12. The Labute approximate surface area is 185 Å². The van der Waals surface area contributed by atoms with Crippen LogP contribution in [-0.4, -0.2) is 20.9 Å². The van der Waals surface area contributed by atoms with Crippen molar-refractivity contribution in [1.82, 2.24) is 15.0 Å². The van der Waals surface area contributed by atoms with Crippen molar-refractivity contribution >= 4 is 28.3 Å². The molecular weight excluding hydrogens is 402 g/mol. The number of nitrogens with two attached hydrogens (primary N) is 1. The molecule has 2 heterocycles. The lowest BCUT2D eigenvalue weighted by Crippen LogP contribution is -2.12. The van der Waals surface area contributed by atoms with E-state index in [9.17, 15) is 4.79 Å². The van der Waals surface area contributed by atoms with E-state index in [0.717, 1.165) is 34.1 Å². The Kier molecular flexibility index (Phi) is 5.95. The molecular formula is C25H21N5O2. The van der Waals surface area contributed by atoms with Crippen LogP contribution in [0.5, 0.6) is 11.5 Å². The van der Waals surface area contributed by atoms with E-state index in [1.54, 1.807) is 6.07 Å². The third-order valence-corrected chi connectivity index (χ3v) is 4.70. The molecule has 32 heavy (non-hydrogen) atoms. The molecule has 0 aliphatic rings. The summed E-state index contributed by atoms with van der Waals surface area (Å²) < 4.78 is 5.89. The SMILES string of the molecule is CCC#Cc1ccc2ncnc(Nc3ccc(Oc4ccc(C(N)=O)nc4)c(C)c3)c2c1. The molecule has 4 rings (SSSR count). The number of hydrogen-bond acceptors (Lipinski definition) is 6. The van der Waals surface area contributed by atoms with E-state index in [0.29, 0.717) is 17.3 Å². The normalized spacial score (nSPS) is 10.3. The molecule has 0 aliphatic heterocycles. The molecule has 0 fully saturated rings. The number of hydrogen-bond donors (Lipinski definition) is 2. The average molecular weight is 423 g/mol. The van der Waals surface area contributed by atoms with Gasteiger partial charge in [-0.25, -0.2) is 15.0 Å². The summed E-state index contributed by atoms with van der Waals surface area (Å²) in [5.74, 6) is 7.55. The number of benzene rings is 2. The number of nitrogens with zero attached hydrogens (tertiary/aromatic N) is 3. The first-order valence-electron chi connectivity index (χ1n) is 10.1. The van der Waals surface area contributed by atoms with Crippen molar-refractivity contribution in [3.8, 4) is 23.3 Å². The van der Waals surface area contributed by atoms with E-state index < -0.39 is 5.91 Å². The summed E-state index contributed by atoms with van der Waals surface area (Å²) in [4.78, 5) is 23.9. The number of amides is 1. The number of aromatic nitrogens is 3. The second kappa shape index (κ2) is 9.14. The van der Waals surface area contributed by atoms with Crippen molar-refractivity contribution in [3.63, 3.8) is 0 Å². The van der Waals surface area contributed by atoms with Gasteiger partial charge in [-0.2, -0.15) is 0 Å². The van der Waals surface area contributed by atoms with Gasteiger partial charge in [0, 0.05) is 23.1 Å². The van der Waals surface area contributed by atoms with Crippen LogP contribution in [0.15, 0.2) is 61.1 Å². The van der Waals surface area contributed by atoms with Crippen LogP contribution in [-0.2, 0) is 0 Å². The molecule has 0 aliphatic carbocycles. The zero-order valence-corrected chi connectivity index (χ0v) is 17.7. The molecule has 0 saturated heterocycles. The first kappa shape index (κ1) is 20.8. The number of ether oxygens (including phenoxy) is 1. The Bertz CT molecular complexity index is 1350. The smallest absolute Gasteiger partial charge is 0.267 e. The third kappa shape index (κ3) is 4.65. The monoisotopic (exact) mass is 423 g/mol. The number of aryl methyl sites for hydroxylation is 1. The van der Waals surface area contributed by atoms with Crippen LogP contribution in [0.1, 0.15) is 35.0 Å². The maximum Gasteiger partial charge on any atom is 0.267 e. The highest BCUT2D eigenvalue weighted by atomic mass is 16.5. The second-order valence-corrected chi connectivity index (χ2v) is 7.06. The summed E-state index contributed by atoms with van der Waals surface area (Å²) in [7, 11) is 0. The standard InChI is InChI=1S/C25H21N5O2/c1-3-4-5-17-6-9-21-20(13-17)25(29-15-28-21)30-18-7-11-23(16(2)12-18)32-19-8-10-22(24(26)31)27-14-19/h6-15H,3H2,1-2H3,(H2,26,31)(H,28,29,30). The highest BCUT2D eigenvalue weighted by Crippen LogP contribution is 2.29. The molecule has 0 spiro atoms. The molecule has 0 bridgehead atoms. The highest BCUT2D eigenvalue weighted by molar-refractivity contribution is 5.92. The first-order valence-corrected chi connectivity index (χ1v) is 10.1. The van der Waals surface area contributed by atoms with Crippen molar-refractivity contribution < 1.29 is 9.53 Å². The molecule has 0 unspecified atom stereocenters. The van der Waals surface area contributed by atoms with Crippen molar-refractivity contribution in [1.29, 1.82) is 0 Å². The fraction of sp³-hybridized carbons (Fsp3) is 0.120. The molecule has 0 atom stereocenters. The zero-order chi connectivity index (χ0) is 22.5. The topological polar surface area (TPSA) is 103 Å². The van der Waals surface area contributed by atoms with Crippen molar-refractivity contribution in [3.05, 3.63) is 77.9 Å². The second-order valence-electron chi connectivity index (χ2n) is 7.06. The van der Waals surface area contributed by atoms with Crippen molar-refractivity contribution in [2.24, 2.45) is 5.73 Å². The number of pyridine rings is 1. The maximum atomic E-state index is 11.2. The number of rotatable bonds is 5. The fourth-order valence-electron chi connectivity index (χ4n) is 3.12. The largest absolute Gasteiger partial charge is 0.455 e. The van der Waals surface area contributed by atoms with Crippen LogP contribution in [0.3, 0.4) is 0 Å². The van der Waals surface area contributed by atoms with Crippen molar-refractivity contribution in [2.45, 2.75) is 20.3 Å². The quantitative estimate of drug-likeness (QED) is 0.450. The van der Waals surface area contributed by atoms with E-state index >= 15 is 0 Å². The Hall–Kier alpha value is -4.44. The molecule has 3 N–H and O–H groups in total. The number of anilines is 2. The molecule has 0 radical (unpaired) electrons. The molecule has 1 amide bonds. The van der Waals surface area contributed by atoms with Crippen LogP contribution in [0.4, 0.5) is 11.5 Å². The molecule has 0 saturated carbocycles. The van der Waals surface area contributed by atoms with E-state index in [-0.39, 0.29) is 5.69 Å². The lowest BCUT2D eigenvalue weighted by molar-refractivity contribution is 0.0995. The number of carbonyl (C=O) groups is 1. The Morgan fingerprint density at radius 2 is 1.97 bits per heavy atom. The minimum absolute atomic E-state index is 0.189. The van der Waals surface area contributed by atoms with Gasteiger partial charge in [0.1, 0.15) is 29.3 Å². The van der Waals surface area contributed by atoms with Crippen LogP contribution in [0, 0.1) is 18.8 Å². The number of nitrogens with one attached hydrogen (secondary N) is 1. The summed E-state index contributed by atoms with van der Waals surface area (Å²) >= 11 is 0. The Morgan fingerprint density at radius 1 is 1.09 bits per heavy atom. The van der Waals surface area contributed by atoms with Crippen LogP contribution < -0.4 is 15.8 Å². The number of carbonyl (C=O) groups excluding carboxylic acids is 1. The summed E-state index contributed by atoms with van der Waals surface area (Å²) in [6.07, 6.45) is 3.81. The average Bonchev–Trinajstić information content (AvgIpc) is 2.80. The minimum Gasteiger partial charge on any atom is -0.455 e. The molecule has 7 nitrogen and oxygen atoms in total. The van der Waals surface area contributed by atoms with Crippen molar-refractivity contribution in [2.75, 3.05) is 5.32 Å². The summed E-state index contributed by atoms with van der Waals surface area (Å²) in [5.41, 5.74) is 8.96. The molecule has 7 heteroatoms. The molecule has 158 valence electrons. The zero-order valence-electron chi connectivity index (χ0n) is 17.7. The van der Waals surface area contributed by atoms with Crippen LogP contribution >= 0.6 is 0 Å². The van der Waals surface area contributed by atoms with Gasteiger partial charge >= 0.3 is 0 Å². The van der Waals surface area contributed by atoms with E-state index in [4.69, 9.17) is 10.5 Å². The van der Waals surface area contributed by atoms with Gasteiger partial charge in [-0.15, -0.1) is 0 Å². The summed E-state index contributed by atoms with van der Waals surface area (Å²) in [6.45, 7) is 3.97. The highest BCUT2D eigenvalue weighted by Gasteiger charge is 2.08. The van der Waals surface area contributed by atoms with Gasteiger partial charge in [-0.05, 0) is 61.0 Å². The fourth-order valence-corrected chi connectivity index (χ4v) is 3.12. The third-order valence-electron chi connectivity index (χ3n) is 4.70. The lowest BCUT2D eigenvalue weighted by atomic mass is 10.1. The predicted octanol–water partition coefficient (Wildman–Crippen LogP) is 4.73. The Morgan fingerprint density at radius 3 is 2.69 bits per heavy atom. The maximum absolute atomic E-state index is 11.2. The van der Waals surface area contributed by atoms with Gasteiger partial charge in [0.05, 0.1) is 11.7 Å².